The predicted molar refractivity (Wildman–Crippen MR) is 64.4 cm³/mol. The summed E-state index contributed by atoms with van der Waals surface area (Å²) in [4.78, 5) is 12.7. The van der Waals surface area contributed by atoms with E-state index in [0.29, 0.717) is 5.92 Å². The van der Waals surface area contributed by atoms with Gasteiger partial charge in [-0.1, -0.05) is 6.92 Å². The van der Waals surface area contributed by atoms with Crippen molar-refractivity contribution in [3.63, 3.8) is 0 Å². The average molecular weight is 218 g/mol. The topological polar surface area (TPSA) is 50.2 Å². The molecule has 4 heteroatoms. The van der Waals surface area contributed by atoms with E-state index in [0.717, 1.165) is 31.0 Å². The van der Waals surface area contributed by atoms with Crippen molar-refractivity contribution in [2.45, 2.75) is 26.2 Å². The molecule has 0 fully saturated rings. The van der Waals surface area contributed by atoms with Gasteiger partial charge >= 0.3 is 0 Å². The van der Waals surface area contributed by atoms with Gasteiger partial charge in [0, 0.05) is 30.9 Å². The lowest BCUT2D eigenvalue weighted by Gasteiger charge is -2.14. The van der Waals surface area contributed by atoms with Crippen molar-refractivity contribution >= 4 is 5.84 Å². The first-order valence-electron chi connectivity index (χ1n) is 5.89. The summed E-state index contributed by atoms with van der Waals surface area (Å²) in [5.41, 5.74) is 1.08. The molecule has 0 unspecified atom stereocenters. The van der Waals surface area contributed by atoms with Crippen LogP contribution in [0.5, 0.6) is 0 Å². The SMILES string of the molecule is C[C@@H](Cc1ccncn1)C1=NCCCCN1. The summed E-state index contributed by atoms with van der Waals surface area (Å²) >= 11 is 0. The number of hydrogen-bond donors (Lipinski definition) is 1. The Bertz CT molecular complexity index is 347. The quantitative estimate of drug-likeness (QED) is 0.835. The Hall–Kier alpha value is -1.45. The summed E-state index contributed by atoms with van der Waals surface area (Å²) in [7, 11) is 0. The van der Waals surface area contributed by atoms with E-state index >= 15 is 0 Å². The molecule has 0 saturated heterocycles. The zero-order valence-corrected chi connectivity index (χ0v) is 9.69. The van der Waals surface area contributed by atoms with E-state index in [1.807, 2.05) is 6.07 Å². The number of hydrogen-bond acceptors (Lipinski definition) is 4. The van der Waals surface area contributed by atoms with Crippen molar-refractivity contribution in [3.8, 4) is 0 Å². The van der Waals surface area contributed by atoms with Crippen LogP contribution in [0.3, 0.4) is 0 Å². The fourth-order valence-corrected chi connectivity index (χ4v) is 1.89. The van der Waals surface area contributed by atoms with Crippen LogP contribution in [0.4, 0.5) is 0 Å². The lowest BCUT2D eigenvalue weighted by atomic mass is 10.0. The maximum absolute atomic E-state index is 4.58. The highest BCUT2D eigenvalue weighted by Gasteiger charge is 2.13. The van der Waals surface area contributed by atoms with E-state index < -0.39 is 0 Å². The van der Waals surface area contributed by atoms with Gasteiger partial charge in [0.2, 0.25) is 0 Å². The third-order valence-corrected chi connectivity index (χ3v) is 2.80. The first-order valence-corrected chi connectivity index (χ1v) is 5.89. The van der Waals surface area contributed by atoms with Crippen LogP contribution < -0.4 is 5.32 Å². The number of nitrogens with one attached hydrogen (secondary N) is 1. The Balaban J connectivity index is 1.97. The van der Waals surface area contributed by atoms with Crippen LogP contribution in [0.2, 0.25) is 0 Å². The van der Waals surface area contributed by atoms with Crippen LogP contribution >= 0.6 is 0 Å². The molecular formula is C12H18N4. The molecule has 1 aliphatic rings. The van der Waals surface area contributed by atoms with Gasteiger partial charge in [0.25, 0.3) is 0 Å². The van der Waals surface area contributed by atoms with Crippen LogP contribution in [0.15, 0.2) is 23.6 Å². The van der Waals surface area contributed by atoms with Crippen molar-refractivity contribution in [2.24, 2.45) is 10.9 Å². The largest absolute Gasteiger partial charge is 0.374 e. The zero-order chi connectivity index (χ0) is 11.2. The molecule has 16 heavy (non-hydrogen) atoms. The molecule has 1 atom stereocenters. The van der Waals surface area contributed by atoms with Gasteiger partial charge in [0.1, 0.15) is 6.33 Å². The summed E-state index contributed by atoms with van der Waals surface area (Å²) in [5, 5.41) is 3.41. The first kappa shape index (κ1) is 11.0. The van der Waals surface area contributed by atoms with E-state index in [1.54, 1.807) is 12.5 Å². The Labute approximate surface area is 96.2 Å². The maximum Gasteiger partial charge on any atom is 0.115 e. The number of rotatable bonds is 3. The second kappa shape index (κ2) is 5.58. The lowest BCUT2D eigenvalue weighted by Crippen LogP contribution is -2.30. The molecule has 1 aliphatic heterocycles. The molecule has 0 amide bonds. The van der Waals surface area contributed by atoms with E-state index in [-0.39, 0.29) is 0 Å². The molecule has 0 aliphatic carbocycles. The molecule has 0 bridgehead atoms. The van der Waals surface area contributed by atoms with Crippen LogP contribution in [0.1, 0.15) is 25.5 Å². The number of aromatic nitrogens is 2. The molecule has 2 rings (SSSR count). The van der Waals surface area contributed by atoms with Gasteiger partial charge in [-0.15, -0.1) is 0 Å². The average Bonchev–Trinajstić information content (AvgIpc) is 2.59. The third kappa shape index (κ3) is 3.02. The van der Waals surface area contributed by atoms with Crippen molar-refractivity contribution in [3.05, 3.63) is 24.3 Å². The molecule has 2 heterocycles. The van der Waals surface area contributed by atoms with E-state index in [2.05, 4.69) is 27.2 Å². The summed E-state index contributed by atoms with van der Waals surface area (Å²) in [5.74, 6) is 1.55. The zero-order valence-electron chi connectivity index (χ0n) is 9.69. The van der Waals surface area contributed by atoms with E-state index in [9.17, 15) is 0 Å². The molecule has 86 valence electrons. The number of amidine groups is 1. The summed E-state index contributed by atoms with van der Waals surface area (Å²) in [6, 6.07) is 1.97. The molecule has 4 nitrogen and oxygen atoms in total. The minimum absolute atomic E-state index is 0.410. The van der Waals surface area contributed by atoms with Gasteiger partial charge in [-0.05, 0) is 25.3 Å². The van der Waals surface area contributed by atoms with Gasteiger partial charge in [0.05, 0.1) is 5.84 Å². The Morgan fingerprint density at radius 1 is 1.44 bits per heavy atom. The monoisotopic (exact) mass is 218 g/mol. The molecule has 1 N–H and O–H groups in total. The van der Waals surface area contributed by atoms with Crippen molar-refractivity contribution in [1.82, 2.24) is 15.3 Å². The molecule has 0 radical (unpaired) electrons. The molecule has 0 spiro atoms. The van der Waals surface area contributed by atoms with Crippen LogP contribution in [0, 0.1) is 5.92 Å². The minimum atomic E-state index is 0.410. The van der Waals surface area contributed by atoms with Gasteiger partial charge < -0.3 is 5.32 Å². The highest BCUT2D eigenvalue weighted by Crippen LogP contribution is 2.08. The highest BCUT2D eigenvalue weighted by molar-refractivity contribution is 5.84. The summed E-state index contributed by atoms with van der Waals surface area (Å²) in [6.07, 6.45) is 6.72. The predicted octanol–water partition coefficient (Wildman–Crippen LogP) is 1.44. The highest BCUT2D eigenvalue weighted by atomic mass is 15.0. The smallest absolute Gasteiger partial charge is 0.115 e. The van der Waals surface area contributed by atoms with Gasteiger partial charge in [-0.3, -0.25) is 4.99 Å². The van der Waals surface area contributed by atoms with Gasteiger partial charge in [-0.25, -0.2) is 9.97 Å². The van der Waals surface area contributed by atoms with E-state index in [1.165, 1.54) is 12.8 Å². The fraction of sp³-hybridized carbons (Fsp3) is 0.583. The maximum atomic E-state index is 4.58. The molecule has 0 saturated carbocycles. The second-order valence-electron chi connectivity index (χ2n) is 4.21. The van der Waals surface area contributed by atoms with Gasteiger partial charge in [-0.2, -0.15) is 0 Å². The first-order chi connectivity index (χ1) is 7.86. The van der Waals surface area contributed by atoms with Crippen molar-refractivity contribution in [2.75, 3.05) is 13.1 Å². The van der Waals surface area contributed by atoms with Crippen molar-refractivity contribution < 1.29 is 0 Å². The number of aliphatic imine (C=N–C) groups is 1. The minimum Gasteiger partial charge on any atom is -0.374 e. The molecule has 1 aromatic rings. The number of nitrogens with zero attached hydrogens (tertiary/aromatic N) is 3. The summed E-state index contributed by atoms with van der Waals surface area (Å²) < 4.78 is 0. The molecule has 0 aromatic carbocycles. The van der Waals surface area contributed by atoms with Crippen LogP contribution in [-0.4, -0.2) is 28.9 Å². The van der Waals surface area contributed by atoms with Gasteiger partial charge in [0.15, 0.2) is 0 Å². The van der Waals surface area contributed by atoms with Crippen LogP contribution in [0.25, 0.3) is 0 Å². The van der Waals surface area contributed by atoms with E-state index in [4.69, 9.17) is 0 Å². The standard InChI is InChI=1S/C12H18N4/c1-10(8-11-4-7-13-9-16-11)12-14-5-2-3-6-15-12/h4,7,9-10H,2-3,5-6,8H2,1H3,(H,14,15)/t10-/m0/s1. The van der Waals surface area contributed by atoms with Crippen LogP contribution in [-0.2, 0) is 6.42 Å². The molecular weight excluding hydrogens is 200 g/mol. The fourth-order valence-electron chi connectivity index (χ4n) is 1.89. The normalized spacial score (nSPS) is 18.2. The lowest BCUT2D eigenvalue weighted by molar-refractivity contribution is 0.698. The van der Waals surface area contributed by atoms with Crippen molar-refractivity contribution in [1.29, 1.82) is 0 Å². The molecule has 1 aromatic heterocycles. The Morgan fingerprint density at radius 3 is 3.19 bits per heavy atom. The Morgan fingerprint density at radius 2 is 2.38 bits per heavy atom. The second-order valence-corrected chi connectivity index (χ2v) is 4.21. The summed E-state index contributed by atoms with van der Waals surface area (Å²) in [6.45, 7) is 4.20. The Kier molecular flexibility index (Phi) is 3.86. The third-order valence-electron chi connectivity index (χ3n) is 2.80.